The number of carboxylic acid groups (broad SMARTS) is 1. The van der Waals surface area contributed by atoms with E-state index in [1.165, 1.54) is 6.08 Å². The van der Waals surface area contributed by atoms with Gasteiger partial charge in [0, 0.05) is 5.56 Å². The lowest BCUT2D eigenvalue weighted by molar-refractivity contribution is -0.139. The number of nitriles is 1. The molecule has 1 heterocycles. The molecule has 1 aromatic heterocycles. The molecule has 0 radical (unpaired) electrons. The highest BCUT2D eigenvalue weighted by Gasteiger charge is 2.25. The van der Waals surface area contributed by atoms with Crippen LogP contribution in [0.4, 0.5) is 0 Å². The Kier molecular flexibility index (Phi) is 5.38. The van der Waals surface area contributed by atoms with Gasteiger partial charge in [-0.05, 0) is 43.3 Å². The third-order valence-corrected chi connectivity index (χ3v) is 3.88. The van der Waals surface area contributed by atoms with Gasteiger partial charge in [-0.3, -0.25) is 9.78 Å². The van der Waals surface area contributed by atoms with Gasteiger partial charge in [-0.2, -0.15) is 5.26 Å². The number of nitrogens with zero attached hydrogens (tertiary/aromatic N) is 1. The van der Waals surface area contributed by atoms with E-state index in [9.17, 15) is 9.59 Å². The van der Waals surface area contributed by atoms with E-state index in [2.05, 4.69) is 9.97 Å². The first-order valence-corrected chi connectivity index (χ1v) is 8.48. The van der Waals surface area contributed by atoms with Gasteiger partial charge in [0.05, 0.1) is 11.8 Å². The minimum absolute atomic E-state index is 0.0896. The molecule has 1 aliphatic carbocycles. The van der Waals surface area contributed by atoms with Crippen LogP contribution >= 0.6 is 12.2 Å². The highest BCUT2D eigenvalue weighted by molar-refractivity contribution is 7.71. The molecule has 1 fully saturated rings. The van der Waals surface area contributed by atoms with Gasteiger partial charge in [-0.1, -0.05) is 12.1 Å². The van der Waals surface area contributed by atoms with E-state index in [0.29, 0.717) is 11.3 Å². The topological polar surface area (TPSA) is 128 Å². The van der Waals surface area contributed by atoms with Crippen molar-refractivity contribution in [2.45, 2.75) is 18.9 Å². The number of para-hydroxylation sites is 1. The highest BCUT2D eigenvalue weighted by Crippen LogP contribution is 2.37. The number of benzene rings is 1. The Hall–Kier alpha value is -3.38. The summed E-state index contributed by atoms with van der Waals surface area (Å²) in [6, 6.07) is 6.98. The van der Waals surface area contributed by atoms with Crippen LogP contribution in [0.3, 0.4) is 0 Å². The summed E-state index contributed by atoms with van der Waals surface area (Å²) in [5.41, 5.74) is 0.0779. The van der Waals surface area contributed by atoms with Gasteiger partial charge < -0.3 is 19.6 Å². The van der Waals surface area contributed by atoms with Crippen LogP contribution < -0.4 is 15.0 Å². The average molecular weight is 385 g/mol. The first-order chi connectivity index (χ1) is 13.0. The molecule has 1 saturated carbocycles. The van der Waals surface area contributed by atoms with Gasteiger partial charge in [-0.25, -0.2) is 4.79 Å². The van der Waals surface area contributed by atoms with E-state index >= 15 is 0 Å². The second-order valence-electron chi connectivity index (χ2n) is 5.82. The maximum Gasteiger partial charge on any atom is 0.341 e. The molecule has 1 aliphatic rings. The summed E-state index contributed by atoms with van der Waals surface area (Å²) >= 11 is 4.93. The first kappa shape index (κ1) is 18.4. The normalized spacial score (nSPS) is 13.3. The highest BCUT2D eigenvalue weighted by atomic mass is 32.1. The Morgan fingerprint density at radius 1 is 1.37 bits per heavy atom. The monoisotopic (exact) mass is 385 g/mol. The van der Waals surface area contributed by atoms with E-state index in [1.807, 2.05) is 6.07 Å². The minimum Gasteiger partial charge on any atom is -0.487 e. The Morgan fingerprint density at radius 3 is 2.81 bits per heavy atom. The lowest BCUT2D eigenvalue weighted by Gasteiger charge is -2.13. The number of aromatic nitrogens is 2. The molecule has 2 aromatic rings. The molecule has 8 nitrogen and oxygen atoms in total. The fourth-order valence-corrected chi connectivity index (χ4v) is 2.53. The minimum atomic E-state index is -1.11. The Labute approximate surface area is 158 Å². The molecule has 138 valence electrons. The van der Waals surface area contributed by atoms with E-state index in [-0.39, 0.29) is 27.9 Å². The second kappa shape index (κ2) is 7.88. The van der Waals surface area contributed by atoms with Crippen LogP contribution in [0.25, 0.3) is 12.2 Å². The van der Waals surface area contributed by atoms with Gasteiger partial charge in [-0.15, -0.1) is 0 Å². The zero-order valence-corrected chi connectivity index (χ0v) is 14.8. The summed E-state index contributed by atoms with van der Waals surface area (Å²) in [6.07, 6.45) is 5.08. The lowest BCUT2D eigenvalue weighted by atomic mass is 10.1. The molecule has 0 saturated heterocycles. The van der Waals surface area contributed by atoms with Gasteiger partial charge in [0.2, 0.25) is 0 Å². The van der Waals surface area contributed by atoms with Crippen LogP contribution in [0.1, 0.15) is 29.7 Å². The first-order valence-electron chi connectivity index (χ1n) is 8.07. The molecular formula is C18H15N3O5S. The fourth-order valence-electron chi connectivity index (χ4n) is 2.32. The largest absolute Gasteiger partial charge is 0.487 e. The van der Waals surface area contributed by atoms with Gasteiger partial charge in [0.25, 0.3) is 5.56 Å². The van der Waals surface area contributed by atoms with E-state index in [4.69, 9.17) is 32.1 Å². The summed E-state index contributed by atoms with van der Waals surface area (Å²) in [5, 5.41) is 18.1. The van der Waals surface area contributed by atoms with Crippen LogP contribution in [0.15, 0.2) is 23.0 Å². The van der Waals surface area contributed by atoms with Crippen molar-refractivity contribution < 1.29 is 19.4 Å². The Bertz CT molecular complexity index is 1060. The third-order valence-electron chi connectivity index (χ3n) is 3.68. The number of ether oxygens (including phenoxy) is 2. The summed E-state index contributed by atoms with van der Waals surface area (Å²) < 4.78 is 11.3. The number of hydrogen-bond donors (Lipinski definition) is 3. The Balaban J connectivity index is 1.99. The smallest absolute Gasteiger partial charge is 0.341 e. The molecule has 1 aromatic carbocycles. The van der Waals surface area contributed by atoms with Crippen molar-refractivity contribution in [2.24, 2.45) is 0 Å². The van der Waals surface area contributed by atoms with E-state index in [0.717, 1.165) is 12.8 Å². The van der Waals surface area contributed by atoms with Crippen LogP contribution in [0.5, 0.6) is 11.5 Å². The molecule has 0 bridgehead atoms. The maximum atomic E-state index is 11.8. The summed E-state index contributed by atoms with van der Waals surface area (Å²) in [7, 11) is 0. The summed E-state index contributed by atoms with van der Waals surface area (Å²) in [5.74, 6) is -0.387. The number of aliphatic carboxylic acids is 1. The molecule has 0 amide bonds. The second-order valence-corrected chi connectivity index (χ2v) is 6.22. The van der Waals surface area contributed by atoms with Gasteiger partial charge in [0.1, 0.15) is 11.6 Å². The molecule has 3 rings (SSSR count). The van der Waals surface area contributed by atoms with Crippen molar-refractivity contribution in [1.29, 1.82) is 5.26 Å². The molecular weight excluding hydrogens is 370 g/mol. The molecule has 0 aliphatic heterocycles. The summed E-state index contributed by atoms with van der Waals surface area (Å²) in [4.78, 5) is 27.8. The molecule has 3 N–H and O–H groups in total. The maximum absolute atomic E-state index is 11.8. The van der Waals surface area contributed by atoms with Crippen molar-refractivity contribution in [3.63, 3.8) is 0 Å². The van der Waals surface area contributed by atoms with Crippen molar-refractivity contribution >= 4 is 30.3 Å². The molecule has 9 heteroatoms. The number of H-pyrrole nitrogens is 2. The number of rotatable bonds is 7. The number of carbonyl (C=O) groups is 1. The lowest BCUT2D eigenvalue weighted by Crippen LogP contribution is -2.13. The predicted octanol–water partition coefficient (Wildman–Crippen LogP) is 2.48. The molecule has 0 spiro atoms. The number of nitrogens with one attached hydrogen (secondary N) is 2. The molecule has 27 heavy (non-hydrogen) atoms. The average Bonchev–Trinajstić information content (AvgIpc) is 3.42. The van der Waals surface area contributed by atoms with Crippen molar-refractivity contribution in [3.05, 3.63) is 50.1 Å². The van der Waals surface area contributed by atoms with Crippen molar-refractivity contribution in [3.8, 4) is 17.6 Å². The summed E-state index contributed by atoms with van der Waals surface area (Å²) in [6.45, 7) is -0.525. The standard InChI is InChI=1S/C18H15N3O5S/c19-8-12-13(20-18(27)21-17(12)24)7-4-10-2-1-3-14(26-11-5-6-11)16(10)25-9-15(22)23/h1-4,7,11H,5-6,9H2,(H,22,23)(H2,20,21,24,27)/b7-4+. The van der Waals surface area contributed by atoms with Crippen LogP contribution in [-0.2, 0) is 4.79 Å². The van der Waals surface area contributed by atoms with E-state index in [1.54, 1.807) is 24.3 Å². The van der Waals surface area contributed by atoms with Gasteiger partial charge >= 0.3 is 5.97 Å². The number of aromatic amines is 2. The molecule has 0 atom stereocenters. The van der Waals surface area contributed by atoms with Crippen molar-refractivity contribution in [2.75, 3.05) is 6.61 Å². The zero-order valence-electron chi connectivity index (χ0n) is 14.0. The SMILES string of the molecule is N#Cc1c(/C=C/c2cccc(OC3CC3)c2OCC(=O)O)[nH]c(=S)[nH]c1=O. The number of carboxylic acids is 1. The third kappa shape index (κ3) is 4.62. The fraction of sp³-hybridized carbons (Fsp3) is 0.222. The van der Waals surface area contributed by atoms with Crippen molar-refractivity contribution in [1.82, 2.24) is 9.97 Å². The Morgan fingerprint density at radius 2 is 2.15 bits per heavy atom. The van der Waals surface area contributed by atoms with E-state index < -0.39 is 18.1 Å². The zero-order chi connectivity index (χ0) is 19.4. The molecule has 0 unspecified atom stereocenters. The van der Waals surface area contributed by atoms with Crippen LogP contribution in [0.2, 0.25) is 0 Å². The van der Waals surface area contributed by atoms with Crippen LogP contribution in [-0.4, -0.2) is 33.8 Å². The quantitative estimate of drug-likeness (QED) is 0.625. The number of hydrogen-bond acceptors (Lipinski definition) is 6. The van der Waals surface area contributed by atoms with Gasteiger partial charge in [0.15, 0.2) is 22.9 Å². The van der Waals surface area contributed by atoms with Crippen LogP contribution in [0, 0.1) is 16.1 Å². The predicted molar refractivity (Wildman–Crippen MR) is 99.1 cm³/mol.